The van der Waals surface area contributed by atoms with E-state index in [9.17, 15) is 4.39 Å². The van der Waals surface area contributed by atoms with E-state index in [0.29, 0.717) is 0 Å². The smallest absolute Gasteiger partial charge is 0.146 e. The van der Waals surface area contributed by atoms with Crippen LogP contribution in [0, 0.1) is 12.7 Å². The van der Waals surface area contributed by atoms with Crippen molar-refractivity contribution < 1.29 is 4.39 Å². The number of hydrogen-bond donors (Lipinski definition) is 1. The quantitative estimate of drug-likeness (QED) is 0.822. The van der Waals surface area contributed by atoms with Gasteiger partial charge in [-0.15, -0.1) is 0 Å². The first-order valence-corrected chi connectivity index (χ1v) is 6.95. The Hall–Kier alpha value is -1.09. The van der Waals surface area contributed by atoms with Gasteiger partial charge in [0.2, 0.25) is 0 Å². The van der Waals surface area contributed by atoms with E-state index < -0.39 is 0 Å². The van der Waals surface area contributed by atoms with Gasteiger partial charge in [-0.1, -0.05) is 18.9 Å². The molecule has 1 aliphatic heterocycles. The summed E-state index contributed by atoms with van der Waals surface area (Å²) in [5.74, 6) is -0.0874. The van der Waals surface area contributed by atoms with Crippen LogP contribution in [0.3, 0.4) is 0 Å². The fourth-order valence-corrected chi connectivity index (χ4v) is 3.41. The van der Waals surface area contributed by atoms with Crippen LogP contribution in [-0.4, -0.2) is 25.2 Å². The lowest BCUT2D eigenvalue weighted by Crippen LogP contribution is -2.59. The van der Waals surface area contributed by atoms with Crippen LogP contribution < -0.4 is 10.2 Å². The van der Waals surface area contributed by atoms with Crippen LogP contribution in [0.15, 0.2) is 18.2 Å². The Balaban J connectivity index is 1.85. The normalized spacial score (nSPS) is 22.7. The molecule has 1 saturated heterocycles. The monoisotopic (exact) mass is 248 g/mol. The SMILES string of the molecule is Cc1ccc(F)c(N2CCNC3(CCCC3)C2)c1. The second-order valence-corrected chi connectivity index (χ2v) is 5.79. The number of rotatable bonds is 1. The first-order valence-electron chi connectivity index (χ1n) is 6.95. The number of nitrogens with one attached hydrogen (secondary N) is 1. The molecule has 1 aromatic carbocycles. The van der Waals surface area contributed by atoms with Gasteiger partial charge in [-0.3, -0.25) is 0 Å². The molecule has 0 radical (unpaired) electrons. The van der Waals surface area contributed by atoms with Gasteiger partial charge in [-0.05, 0) is 37.5 Å². The summed E-state index contributed by atoms with van der Waals surface area (Å²) in [6, 6.07) is 5.41. The van der Waals surface area contributed by atoms with E-state index >= 15 is 0 Å². The summed E-state index contributed by atoms with van der Waals surface area (Å²) in [6.45, 7) is 4.85. The summed E-state index contributed by atoms with van der Waals surface area (Å²) in [5, 5.41) is 3.66. The molecule has 1 N–H and O–H groups in total. The number of anilines is 1. The molecule has 3 rings (SSSR count). The molecule has 0 bridgehead atoms. The van der Waals surface area contributed by atoms with Gasteiger partial charge in [0, 0.05) is 25.2 Å². The first-order chi connectivity index (χ1) is 8.69. The number of benzene rings is 1. The van der Waals surface area contributed by atoms with Crippen LogP contribution in [-0.2, 0) is 0 Å². The topological polar surface area (TPSA) is 15.3 Å². The molecule has 1 aliphatic carbocycles. The summed E-state index contributed by atoms with van der Waals surface area (Å²) >= 11 is 0. The lowest BCUT2D eigenvalue weighted by molar-refractivity contribution is 0.302. The lowest BCUT2D eigenvalue weighted by atomic mass is 9.94. The van der Waals surface area contributed by atoms with Gasteiger partial charge in [0.25, 0.3) is 0 Å². The van der Waals surface area contributed by atoms with E-state index in [1.165, 1.54) is 25.7 Å². The minimum absolute atomic E-state index is 0.0874. The van der Waals surface area contributed by atoms with Crippen molar-refractivity contribution in [3.05, 3.63) is 29.6 Å². The van der Waals surface area contributed by atoms with Crippen LogP contribution in [0.4, 0.5) is 10.1 Å². The highest BCUT2D eigenvalue weighted by atomic mass is 19.1. The zero-order chi connectivity index (χ0) is 12.6. The molecule has 2 nitrogen and oxygen atoms in total. The molecule has 1 aromatic rings. The Bertz CT molecular complexity index is 438. The van der Waals surface area contributed by atoms with E-state index in [2.05, 4.69) is 10.2 Å². The van der Waals surface area contributed by atoms with Gasteiger partial charge in [-0.25, -0.2) is 4.39 Å². The molecular formula is C15H21FN2. The van der Waals surface area contributed by atoms with Crippen molar-refractivity contribution in [3.63, 3.8) is 0 Å². The van der Waals surface area contributed by atoms with E-state index in [0.717, 1.165) is 30.9 Å². The number of hydrogen-bond acceptors (Lipinski definition) is 2. The van der Waals surface area contributed by atoms with Crippen molar-refractivity contribution in [1.29, 1.82) is 0 Å². The minimum atomic E-state index is -0.0874. The highest BCUT2D eigenvalue weighted by Gasteiger charge is 2.38. The summed E-state index contributed by atoms with van der Waals surface area (Å²) in [7, 11) is 0. The third-order valence-corrected chi connectivity index (χ3v) is 4.38. The maximum Gasteiger partial charge on any atom is 0.146 e. The van der Waals surface area contributed by atoms with Crippen molar-refractivity contribution >= 4 is 5.69 Å². The Kier molecular flexibility index (Phi) is 3.02. The van der Waals surface area contributed by atoms with Gasteiger partial charge in [-0.2, -0.15) is 0 Å². The predicted octanol–water partition coefficient (Wildman–Crippen LogP) is 2.86. The fraction of sp³-hybridized carbons (Fsp3) is 0.600. The first kappa shape index (κ1) is 12.0. The zero-order valence-electron chi connectivity index (χ0n) is 11.0. The predicted molar refractivity (Wildman–Crippen MR) is 72.6 cm³/mol. The molecule has 1 saturated carbocycles. The maximum absolute atomic E-state index is 14.0. The number of nitrogens with zero attached hydrogens (tertiary/aromatic N) is 1. The number of halogens is 1. The minimum Gasteiger partial charge on any atom is -0.366 e. The Morgan fingerprint density at radius 2 is 2.06 bits per heavy atom. The largest absolute Gasteiger partial charge is 0.366 e. The molecule has 3 heteroatoms. The highest BCUT2D eigenvalue weighted by Crippen LogP contribution is 2.34. The summed E-state index contributed by atoms with van der Waals surface area (Å²) in [6.07, 6.45) is 5.07. The lowest BCUT2D eigenvalue weighted by Gasteiger charge is -2.42. The third kappa shape index (κ3) is 2.12. The van der Waals surface area contributed by atoms with Crippen LogP contribution in [0.2, 0.25) is 0 Å². The number of aryl methyl sites for hydroxylation is 1. The molecular weight excluding hydrogens is 227 g/mol. The highest BCUT2D eigenvalue weighted by molar-refractivity contribution is 5.51. The average molecular weight is 248 g/mol. The zero-order valence-corrected chi connectivity index (χ0v) is 11.0. The van der Waals surface area contributed by atoms with Crippen LogP contribution in [0.25, 0.3) is 0 Å². The van der Waals surface area contributed by atoms with Crippen molar-refractivity contribution in [3.8, 4) is 0 Å². The Labute approximate surface area is 108 Å². The second kappa shape index (κ2) is 4.54. The van der Waals surface area contributed by atoms with Crippen molar-refractivity contribution in [2.24, 2.45) is 0 Å². The Morgan fingerprint density at radius 1 is 1.28 bits per heavy atom. The summed E-state index contributed by atoms with van der Waals surface area (Å²) < 4.78 is 14.0. The van der Waals surface area contributed by atoms with E-state index in [-0.39, 0.29) is 11.4 Å². The molecule has 0 unspecified atom stereocenters. The molecule has 98 valence electrons. The van der Waals surface area contributed by atoms with E-state index in [1.807, 2.05) is 19.1 Å². The Morgan fingerprint density at radius 3 is 2.83 bits per heavy atom. The summed E-state index contributed by atoms with van der Waals surface area (Å²) in [5.41, 5.74) is 2.15. The maximum atomic E-state index is 14.0. The van der Waals surface area contributed by atoms with Crippen LogP contribution in [0.1, 0.15) is 31.2 Å². The summed E-state index contributed by atoms with van der Waals surface area (Å²) in [4.78, 5) is 2.23. The van der Waals surface area contributed by atoms with Gasteiger partial charge in [0.05, 0.1) is 5.69 Å². The molecule has 0 amide bonds. The molecule has 2 aliphatic rings. The average Bonchev–Trinajstić information content (AvgIpc) is 2.80. The van der Waals surface area contributed by atoms with Gasteiger partial charge in [0.15, 0.2) is 0 Å². The molecule has 18 heavy (non-hydrogen) atoms. The van der Waals surface area contributed by atoms with Gasteiger partial charge < -0.3 is 10.2 Å². The van der Waals surface area contributed by atoms with Gasteiger partial charge in [0.1, 0.15) is 5.82 Å². The number of piperazine rings is 1. The van der Waals surface area contributed by atoms with E-state index in [4.69, 9.17) is 0 Å². The standard InChI is InChI=1S/C15H21FN2/c1-12-4-5-13(16)14(10-12)18-9-8-17-15(11-18)6-2-3-7-15/h4-5,10,17H,2-3,6-9,11H2,1H3. The van der Waals surface area contributed by atoms with Gasteiger partial charge >= 0.3 is 0 Å². The molecule has 1 spiro atoms. The van der Waals surface area contributed by atoms with Crippen molar-refractivity contribution in [2.45, 2.75) is 38.1 Å². The molecule has 2 fully saturated rings. The van der Waals surface area contributed by atoms with Crippen LogP contribution in [0.5, 0.6) is 0 Å². The molecule has 0 aromatic heterocycles. The van der Waals surface area contributed by atoms with Crippen molar-refractivity contribution in [1.82, 2.24) is 5.32 Å². The van der Waals surface area contributed by atoms with Crippen LogP contribution >= 0.6 is 0 Å². The van der Waals surface area contributed by atoms with Crippen molar-refractivity contribution in [2.75, 3.05) is 24.5 Å². The second-order valence-electron chi connectivity index (χ2n) is 5.79. The van der Waals surface area contributed by atoms with E-state index in [1.54, 1.807) is 6.07 Å². The third-order valence-electron chi connectivity index (χ3n) is 4.38. The molecule has 1 heterocycles. The molecule has 0 atom stereocenters. The fourth-order valence-electron chi connectivity index (χ4n) is 3.41.